The Morgan fingerprint density at radius 3 is 2.47 bits per heavy atom. The molecule has 0 saturated carbocycles. The number of hydroxylamine groups is 2. The minimum absolute atomic E-state index is 0.122. The quantitative estimate of drug-likeness (QED) is 0.375. The lowest BCUT2D eigenvalue weighted by atomic mass is 10.2. The van der Waals surface area contributed by atoms with Gasteiger partial charge in [0.05, 0.1) is 0 Å². The summed E-state index contributed by atoms with van der Waals surface area (Å²) in [6.07, 6.45) is 2.82. The molecule has 0 unspecified atom stereocenters. The number of hydrogen-bond acceptors (Lipinski definition) is 5. The predicted octanol–water partition coefficient (Wildman–Crippen LogP) is 0.855. The average molecular weight is 240 g/mol. The maximum absolute atomic E-state index is 11.3. The molecule has 1 aliphatic rings. The van der Waals surface area contributed by atoms with E-state index >= 15 is 0 Å². The van der Waals surface area contributed by atoms with Crippen LogP contribution in [-0.2, 0) is 19.2 Å². The van der Waals surface area contributed by atoms with Crippen molar-refractivity contribution in [1.82, 2.24) is 5.06 Å². The molecule has 0 N–H and O–H groups in total. The molecule has 1 aliphatic heterocycles. The second-order valence-corrected chi connectivity index (χ2v) is 3.80. The summed E-state index contributed by atoms with van der Waals surface area (Å²) in [7, 11) is 0. The van der Waals surface area contributed by atoms with Gasteiger partial charge in [-0.1, -0.05) is 6.42 Å². The number of aliphatic imine (C=N–C) groups is 1. The SMILES string of the molecule is C=NCCCCCC(=O)ON1C(=O)CCC1=O. The molecule has 0 aromatic heterocycles. The van der Waals surface area contributed by atoms with E-state index in [0.29, 0.717) is 18.0 Å². The number of imide groups is 1. The summed E-state index contributed by atoms with van der Waals surface area (Å²) >= 11 is 0. The molecule has 6 heteroatoms. The van der Waals surface area contributed by atoms with Gasteiger partial charge in [-0.3, -0.25) is 9.59 Å². The Balaban J connectivity index is 2.18. The first-order valence-electron chi connectivity index (χ1n) is 5.64. The van der Waals surface area contributed by atoms with Gasteiger partial charge in [-0.2, -0.15) is 0 Å². The van der Waals surface area contributed by atoms with Crippen molar-refractivity contribution in [3.63, 3.8) is 0 Å². The van der Waals surface area contributed by atoms with E-state index in [1.54, 1.807) is 0 Å². The number of carbonyl (C=O) groups is 3. The Kier molecular flexibility index (Phi) is 5.32. The molecule has 1 heterocycles. The summed E-state index contributed by atoms with van der Waals surface area (Å²) < 4.78 is 0. The minimum atomic E-state index is -0.542. The fourth-order valence-electron chi connectivity index (χ4n) is 1.48. The van der Waals surface area contributed by atoms with Crippen molar-refractivity contribution in [1.29, 1.82) is 0 Å². The van der Waals surface area contributed by atoms with E-state index in [9.17, 15) is 14.4 Å². The number of rotatable bonds is 7. The molecule has 1 saturated heterocycles. The van der Waals surface area contributed by atoms with E-state index in [1.165, 1.54) is 0 Å². The fraction of sp³-hybridized carbons (Fsp3) is 0.636. The van der Waals surface area contributed by atoms with Crippen LogP contribution in [0.3, 0.4) is 0 Å². The molecular weight excluding hydrogens is 224 g/mol. The van der Waals surface area contributed by atoms with Crippen LogP contribution >= 0.6 is 0 Å². The highest BCUT2D eigenvalue weighted by Crippen LogP contribution is 2.13. The van der Waals surface area contributed by atoms with Gasteiger partial charge >= 0.3 is 5.97 Å². The van der Waals surface area contributed by atoms with Crippen molar-refractivity contribution in [2.45, 2.75) is 38.5 Å². The maximum Gasteiger partial charge on any atom is 0.333 e. The van der Waals surface area contributed by atoms with E-state index in [1.807, 2.05) is 0 Å². The number of hydrogen-bond donors (Lipinski definition) is 0. The van der Waals surface area contributed by atoms with Crippen molar-refractivity contribution in [2.24, 2.45) is 4.99 Å². The van der Waals surface area contributed by atoms with Crippen molar-refractivity contribution >= 4 is 24.5 Å². The third-order valence-corrected chi connectivity index (χ3v) is 2.40. The van der Waals surface area contributed by atoms with Crippen molar-refractivity contribution < 1.29 is 19.2 Å². The van der Waals surface area contributed by atoms with Crippen LogP contribution in [-0.4, -0.2) is 36.1 Å². The van der Waals surface area contributed by atoms with Gasteiger partial charge in [0.1, 0.15) is 0 Å². The third-order valence-electron chi connectivity index (χ3n) is 2.40. The first kappa shape index (κ1) is 13.3. The van der Waals surface area contributed by atoms with Crippen LogP contribution in [0.15, 0.2) is 4.99 Å². The van der Waals surface area contributed by atoms with E-state index < -0.39 is 17.8 Å². The van der Waals surface area contributed by atoms with Gasteiger partial charge in [0.15, 0.2) is 0 Å². The van der Waals surface area contributed by atoms with Gasteiger partial charge in [0, 0.05) is 25.8 Å². The highest BCUT2D eigenvalue weighted by molar-refractivity contribution is 6.01. The summed E-state index contributed by atoms with van der Waals surface area (Å²) in [6, 6.07) is 0. The Bertz CT molecular complexity index is 311. The molecule has 94 valence electrons. The smallest absolute Gasteiger partial charge is 0.330 e. The molecule has 1 fully saturated rings. The summed E-state index contributed by atoms with van der Waals surface area (Å²) in [5, 5.41) is 0.577. The standard InChI is InChI=1S/C11H16N2O4/c1-12-8-4-2-3-5-11(16)17-13-9(14)6-7-10(13)15/h1-8H2. The Morgan fingerprint density at radius 1 is 1.24 bits per heavy atom. The molecule has 0 radical (unpaired) electrons. The number of unbranched alkanes of at least 4 members (excludes halogenated alkanes) is 2. The normalized spacial score (nSPS) is 15.2. The van der Waals surface area contributed by atoms with Crippen LogP contribution in [0.4, 0.5) is 0 Å². The van der Waals surface area contributed by atoms with Gasteiger partial charge in [-0.25, -0.2) is 4.79 Å². The predicted molar refractivity (Wildman–Crippen MR) is 60.1 cm³/mol. The number of amides is 2. The summed E-state index contributed by atoms with van der Waals surface area (Å²) in [6.45, 7) is 4.03. The molecule has 0 aromatic rings. The van der Waals surface area contributed by atoms with Crippen LogP contribution < -0.4 is 0 Å². The zero-order chi connectivity index (χ0) is 12.7. The zero-order valence-corrected chi connectivity index (χ0v) is 9.68. The molecule has 0 spiro atoms. The topological polar surface area (TPSA) is 76.0 Å². The summed E-state index contributed by atoms with van der Waals surface area (Å²) in [5.74, 6) is -1.43. The summed E-state index contributed by atoms with van der Waals surface area (Å²) in [5.41, 5.74) is 0. The molecule has 1 rings (SSSR count). The van der Waals surface area contributed by atoms with E-state index in [-0.39, 0.29) is 19.3 Å². The zero-order valence-electron chi connectivity index (χ0n) is 9.68. The lowest BCUT2D eigenvalue weighted by molar-refractivity contribution is -0.197. The molecule has 0 aliphatic carbocycles. The van der Waals surface area contributed by atoms with Crippen LogP contribution in [0, 0.1) is 0 Å². The van der Waals surface area contributed by atoms with E-state index in [0.717, 1.165) is 12.8 Å². The van der Waals surface area contributed by atoms with Crippen LogP contribution in [0.25, 0.3) is 0 Å². The Hall–Kier alpha value is -1.72. The highest BCUT2D eigenvalue weighted by Gasteiger charge is 2.32. The monoisotopic (exact) mass is 240 g/mol. The second-order valence-electron chi connectivity index (χ2n) is 3.80. The minimum Gasteiger partial charge on any atom is -0.330 e. The highest BCUT2D eigenvalue weighted by atomic mass is 16.7. The van der Waals surface area contributed by atoms with Crippen LogP contribution in [0.1, 0.15) is 38.5 Å². The fourth-order valence-corrected chi connectivity index (χ4v) is 1.48. The number of nitrogens with zero attached hydrogens (tertiary/aromatic N) is 2. The van der Waals surface area contributed by atoms with Gasteiger partial charge in [0.25, 0.3) is 11.8 Å². The molecule has 0 bridgehead atoms. The summed E-state index contributed by atoms with van der Waals surface area (Å²) in [4.78, 5) is 42.0. The van der Waals surface area contributed by atoms with Gasteiger partial charge < -0.3 is 9.83 Å². The molecule has 17 heavy (non-hydrogen) atoms. The molecule has 0 aromatic carbocycles. The number of carbonyl (C=O) groups excluding carboxylic acids is 3. The van der Waals surface area contributed by atoms with E-state index in [4.69, 9.17) is 4.84 Å². The van der Waals surface area contributed by atoms with Crippen molar-refractivity contribution in [3.8, 4) is 0 Å². The first-order chi connectivity index (χ1) is 8.15. The molecule has 0 atom stereocenters. The Morgan fingerprint density at radius 2 is 1.88 bits per heavy atom. The molecule has 2 amide bonds. The van der Waals surface area contributed by atoms with Crippen LogP contribution in [0.5, 0.6) is 0 Å². The van der Waals surface area contributed by atoms with Crippen molar-refractivity contribution in [3.05, 3.63) is 0 Å². The molecule has 6 nitrogen and oxygen atoms in total. The van der Waals surface area contributed by atoms with Gasteiger partial charge in [-0.15, -0.1) is 5.06 Å². The maximum atomic E-state index is 11.3. The van der Waals surface area contributed by atoms with Crippen molar-refractivity contribution in [2.75, 3.05) is 6.54 Å². The average Bonchev–Trinajstić information content (AvgIpc) is 2.60. The lowest BCUT2D eigenvalue weighted by Gasteiger charge is -2.12. The van der Waals surface area contributed by atoms with Gasteiger partial charge in [0.2, 0.25) is 0 Å². The third kappa shape index (κ3) is 4.34. The lowest BCUT2D eigenvalue weighted by Crippen LogP contribution is -2.31. The first-order valence-corrected chi connectivity index (χ1v) is 5.64. The Labute approximate surface area is 99.6 Å². The second kappa shape index (κ2) is 6.78. The van der Waals surface area contributed by atoms with Gasteiger partial charge in [-0.05, 0) is 19.6 Å². The molecular formula is C11H16N2O4. The van der Waals surface area contributed by atoms with E-state index in [2.05, 4.69) is 11.7 Å². The largest absolute Gasteiger partial charge is 0.333 e. The van der Waals surface area contributed by atoms with Crippen LogP contribution in [0.2, 0.25) is 0 Å².